The molecule has 0 bridgehead atoms. The van der Waals surface area contributed by atoms with E-state index in [2.05, 4.69) is 10.6 Å². The zero-order valence-corrected chi connectivity index (χ0v) is 12.4. The molecule has 21 heavy (non-hydrogen) atoms. The van der Waals surface area contributed by atoms with E-state index >= 15 is 0 Å². The average molecular weight is 291 g/mol. The Morgan fingerprint density at radius 1 is 1.38 bits per heavy atom. The molecule has 0 spiro atoms. The lowest BCUT2D eigenvalue weighted by atomic mass is 10.0. The van der Waals surface area contributed by atoms with Crippen LogP contribution in [-0.4, -0.2) is 50.0 Å². The molecular formula is C15H21N3O3. The van der Waals surface area contributed by atoms with Crippen molar-refractivity contribution in [1.29, 1.82) is 0 Å². The number of rotatable bonds is 6. The fourth-order valence-corrected chi connectivity index (χ4v) is 2.18. The average Bonchev–Trinajstić information content (AvgIpc) is 2.43. The maximum atomic E-state index is 12.1. The summed E-state index contributed by atoms with van der Waals surface area (Å²) < 4.78 is 5.19. The summed E-state index contributed by atoms with van der Waals surface area (Å²) in [5.41, 5.74) is 0.610. The summed E-state index contributed by atoms with van der Waals surface area (Å²) >= 11 is 0. The molecule has 1 fully saturated rings. The Labute approximate surface area is 124 Å². The SMILES string of the molecule is CCN(CC(=O)Nc1ccccc1OC)C(=O)C1CNC1. The number of benzene rings is 1. The second-order valence-corrected chi connectivity index (χ2v) is 4.96. The van der Waals surface area contributed by atoms with E-state index in [0.29, 0.717) is 31.1 Å². The third-order valence-corrected chi connectivity index (χ3v) is 3.54. The zero-order chi connectivity index (χ0) is 15.2. The zero-order valence-electron chi connectivity index (χ0n) is 12.4. The van der Waals surface area contributed by atoms with Crippen LogP contribution in [0.4, 0.5) is 5.69 Å². The first-order valence-corrected chi connectivity index (χ1v) is 7.08. The van der Waals surface area contributed by atoms with Gasteiger partial charge in [-0.25, -0.2) is 0 Å². The minimum atomic E-state index is -0.220. The molecule has 6 nitrogen and oxygen atoms in total. The van der Waals surface area contributed by atoms with Crippen molar-refractivity contribution in [3.8, 4) is 5.75 Å². The Morgan fingerprint density at radius 2 is 2.10 bits per heavy atom. The maximum absolute atomic E-state index is 12.1. The standard InChI is InChI=1S/C15H21N3O3/c1-3-18(15(20)11-8-16-9-11)10-14(19)17-12-6-4-5-7-13(12)21-2/h4-7,11,16H,3,8-10H2,1-2H3,(H,17,19). The second-order valence-electron chi connectivity index (χ2n) is 4.96. The predicted molar refractivity (Wildman–Crippen MR) is 80.2 cm³/mol. The predicted octanol–water partition coefficient (Wildman–Crippen LogP) is 0.702. The number of ether oxygens (including phenoxy) is 1. The molecule has 2 amide bonds. The molecule has 1 saturated heterocycles. The molecule has 0 unspecified atom stereocenters. The summed E-state index contributed by atoms with van der Waals surface area (Å²) in [6.45, 7) is 3.85. The molecule has 1 heterocycles. The van der Waals surface area contributed by atoms with E-state index in [9.17, 15) is 9.59 Å². The highest BCUT2D eigenvalue weighted by Crippen LogP contribution is 2.22. The highest BCUT2D eigenvalue weighted by atomic mass is 16.5. The number of carbonyl (C=O) groups excluding carboxylic acids is 2. The number of nitrogens with zero attached hydrogens (tertiary/aromatic N) is 1. The van der Waals surface area contributed by atoms with Crippen molar-refractivity contribution < 1.29 is 14.3 Å². The van der Waals surface area contributed by atoms with Gasteiger partial charge in [-0.3, -0.25) is 9.59 Å². The van der Waals surface area contributed by atoms with Crippen LogP contribution in [0.1, 0.15) is 6.92 Å². The lowest BCUT2D eigenvalue weighted by molar-refractivity contribution is -0.139. The number of anilines is 1. The number of carbonyl (C=O) groups is 2. The van der Waals surface area contributed by atoms with Crippen LogP contribution >= 0.6 is 0 Å². The first-order valence-electron chi connectivity index (χ1n) is 7.08. The molecule has 0 aliphatic carbocycles. The fourth-order valence-electron chi connectivity index (χ4n) is 2.18. The van der Waals surface area contributed by atoms with Crippen LogP contribution in [0.5, 0.6) is 5.75 Å². The Balaban J connectivity index is 1.94. The van der Waals surface area contributed by atoms with Gasteiger partial charge in [-0.2, -0.15) is 0 Å². The summed E-state index contributed by atoms with van der Waals surface area (Å²) in [4.78, 5) is 25.8. The minimum absolute atomic E-state index is 0.00371. The van der Waals surface area contributed by atoms with Crippen molar-refractivity contribution in [2.24, 2.45) is 5.92 Å². The molecule has 1 aromatic rings. The smallest absolute Gasteiger partial charge is 0.244 e. The van der Waals surface area contributed by atoms with Gasteiger partial charge in [0.15, 0.2) is 0 Å². The molecule has 0 atom stereocenters. The van der Waals surface area contributed by atoms with Crippen molar-refractivity contribution >= 4 is 17.5 Å². The number of amides is 2. The number of hydrogen-bond acceptors (Lipinski definition) is 4. The second kappa shape index (κ2) is 7.08. The summed E-state index contributed by atoms with van der Waals surface area (Å²) in [5.74, 6) is 0.417. The van der Waals surface area contributed by atoms with Crippen LogP contribution in [0.15, 0.2) is 24.3 Å². The summed E-state index contributed by atoms with van der Waals surface area (Å²) in [6.07, 6.45) is 0. The third kappa shape index (κ3) is 3.72. The van der Waals surface area contributed by atoms with Crippen LogP contribution < -0.4 is 15.4 Å². The van der Waals surface area contributed by atoms with Gasteiger partial charge < -0.3 is 20.3 Å². The molecule has 1 aliphatic heterocycles. The topological polar surface area (TPSA) is 70.7 Å². The van der Waals surface area contributed by atoms with Crippen LogP contribution in [0.25, 0.3) is 0 Å². The first kappa shape index (κ1) is 15.3. The number of likely N-dealkylation sites (N-methyl/N-ethyl adjacent to an activating group) is 1. The summed E-state index contributed by atoms with van der Waals surface area (Å²) in [6, 6.07) is 7.20. The van der Waals surface area contributed by atoms with E-state index in [1.54, 1.807) is 24.1 Å². The van der Waals surface area contributed by atoms with E-state index in [4.69, 9.17) is 4.74 Å². The number of para-hydroxylation sites is 2. The lowest BCUT2D eigenvalue weighted by Gasteiger charge is -2.31. The van der Waals surface area contributed by atoms with Crippen LogP contribution in [-0.2, 0) is 9.59 Å². The van der Waals surface area contributed by atoms with E-state index in [1.165, 1.54) is 0 Å². The monoisotopic (exact) mass is 291 g/mol. The van der Waals surface area contributed by atoms with Gasteiger partial charge in [-0.15, -0.1) is 0 Å². The van der Waals surface area contributed by atoms with Crippen LogP contribution in [0.2, 0.25) is 0 Å². The third-order valence-electron chi connectivity index (χ3n) is 3.54. The number of nitrogens with one attached hydrogen (secondary N) is 2. The molecule has 0 aromatic heterocycles. The summed E-state index contributed by atoms with van der Waals surface area (Å²) in [7, 11) is 1.55. The van der Waals surface area contributed by atoms with E-state index in [1.807, 2.05) is 19.1 Å². The van der Waals surface area contributed by atoms with Gasteiger partial charge in [0.1, 0.15) is 5.75 Å². The van der Waals surface area contributed by atoms with Crippen molar-refractivity contribution in [3.05, 3.63) is 24.3 Å². The van der Waals surface area contributed by atoms with Gasteiger partial charge in [0, 0.05) is 19.6 Å². The molecule has 2 rings (SSSR count). The summed E-state index contributed by atoms with van der Waals surface area (Å²) in [5, 5.41) is 5.85. The fraction of sp³-hybridized carbons (Fsp3) is 0.467. The molecule has 1 aromatic carbocycles. The number of hydrogen-bond donors (Lipinski definition) is 2. The molecule has 2 N–H and O–H groups in total. The number of methoxy groups -OCH3 is 1. The highest BCUT2D eigenvalue weighted by molar-refractivity contribution is 5.96. The van der Waals surface area contributed by atoms with Gasteiger partial charge in [0.2, 0.25) is 11.8 Å². The molecule has 0 radical (unpaired) electrons. The molecule has 1 aliphatic rings. The van der Waals surface area contributed by atoms with Crippen molar-refractivity contribution in [2.45, 2.75) is 6.92 Å². The Bertz CT molecular complexity index is 515. The highest BCUT2D eigenvalue weighted by Gasteiger charge is 2.29. The lowest BCUT2D eigenvalue weighted by Crippen LogP contribution is -2.53. The van der Waals surface area contributed by atoms with E-state index in [0.717, 1.165) is 0 Å². The van der Waals surface area contributed by atoms with Gasteiger partial charge in [0.05, 0.1) is 25.3 Å². The van der Waals surface area contributed by atoms with Gasteiger partial charge in [0.25, 0.3) is 0 Å². The van der Waals surface area contributed by atoms with Crippen LogP contribution in [0, 0.1) is 5.92 Å². The largest absolute Gasteiger partial charge is 0.495 e. The Hall–Kier alpha value is -2.08. The van der Waals surface area contributed by atoms with Crippen LogP contribution in [0.3, 0.4) is 0 Å². The first-order chi connectivity index (χ1) is 10.2. The minimum Gasteiger partial charge on any atom is -0.495 e. The van der Waals surface area contributed by atoms with Gasteiger partial charge >= 0.3 is 0 Å². The molecular weight excluding hydrogens is 270 g/mol. The van der Waals surface area contributed by atoms with Crippen molar-refractivity contribution in [2.75, 3.05) is 38.6 Å². The molecule has 0 saturated carbocycles. The normalized spacial score (nSPS) is 14.2. The molecule has 114 valence electrons. The van der Waals surface area contributed by atoms with Crippen molar-refractivity contribution in [3.63, 3.8) is 0 Å². The van der Waals surface area contributed by atoms with E-state index < -0.39 is 0 Å². The van der Waals surface area contributed by atoms with E-state index in [-0.39, 0.29) is 24.3 Å². The Morgan fingerprint density at radius 3 is 2.67 bits per heavy atom. The van der Waals surface area contributed by atoms with Crippen molar-refractivity contribution in [1.82, 2.24) is 10.2 Å². The quantitative estimate of drug-likeness (QED) is 0.809. The van der Waals surface area contributed by atoms with Gasteiger partial charge in [-0.1, -0.05) is 12.1 Å². The maximum Gasteiger partial charge on any atom is 0.244 e. The Kier molecular flexibility index (Phi) is 5.16. The van der Waals surface area contributed by atoms with Gasteiger partial charge in [-0.05, 0) is 19.1 Å². The molecule has 6 heteroatoms.